The molecule has 1 fully saturated rings. The highest BCUT2D eigenvalue weighted by atomic mass is 14.4. The smallest absolute Gasteiger partial charge is 0.0323 e. The standard InChI is InChI=1S/C13H26/c1-5-8-13(4)9-6-7-12(10-13)11(2)3/h11-12H,5-10H2,1-4H3. The molecule has 1 saturated carbocycles. The Labute approximate surface area is 84.1 Å². The average molecular weight is 182 g/mol. The molecular formula is C13H26. The first kappa shape index (κ1) is 11.1. The van der Waals surface area contributed by atoms with Gasteiger partial charge in [0.2, 0.25) is 0 Å². The van der Waals surface area contributed by atoms with Gasteiger partial charge in [-0.1, -0.05) is 47.0 Å². The van der Waals surface area contributed by atoms with Crippen LogP contribution in [0.15, 0.2) is 0 Å². The van der Waals surface area contributed by atoms with Crippen molar-refractivity contribution in [3.8, 4) is 0 Å². The molecule has 0 amide bonds. The molecule has 0 nitrogen and oxygen atoms in total. The van der Waals surface area contributed by atoms with Crippen molar-refractivity contribution in [3.63, 3.8) is 0 Å². The molecule has 0 aromatic carbocycles. The Kier molecular flexibility index (Phi) is 3.82. The summed E-state index contributed by atoms with van der Waals surface area (Å²) in [7, 11) is 0. The second-order valence-corrected chi connectivity index (χ2v) is 5.66. The second kappa shape index (κ2) is 4.48. The van der Waals surface area contributed by atoms with Gasteiger partial charge in [0.1, 0.15) is 0 Å². The van der Waals surface area contributed by atoms with Crippen LogP contribution in [-0.4, -0.2) is 0 Å². The van der Waals surface area contributed by atoms with Crippen molar-refractivity contribution in [2.75, 3.05) is 0 Å². The minimum absolute atomic E-state index is 0.682. The van der Waals surface area contributed by atoms with E-state index in [1.54, 1.807) is 0 Å². The largest absolute Gasteiger partial charge is 0.0654 e. The fraction of sp³-hybridized carbons (Fsp3) is 1.00. The van der Waals surface area contributed by atoms with Gasteiger partial charge in [-0.2, -0.15) is 0 Å². The van der Waals surface area contributed by atoms with E-state index in [-0.39, 0.29) is 0 Å². The maximum atomic E-state index is 2.50. The monoisotopic (exact) mass is 182 g/mol. The predicted molar refractivity (Wildman–Crippen MR) is 59.8 cm³/mol. The van der Waals surface area contributed by atoms with Gasteiger partial charge in [-0.25, -0.2) is 0 Å². The Balaban J connectivity index is 2.49. The van der Waals surface area contributed by atoms with E-state index in [4.69, 9.17) is 0 Å². The maximum absolute atomic E-state index is 2.50. The average Bonchev–Trinajstić information content (AvgIpc) is 2.04. The normalized spacial score (nSPS) is 35.3. The van der Waals surface area contributed by atoms with E-state index in [9.17, 15) is 0 Å². The minimum atomic E-state index is 0.682. The third-order valence-electron chi connectivity index (χ3n) is 3.91. The number of hydrogen-bond acceptors (Lipinski definition) is 0. The summed E-state index contributed by atoms with van der Waals surface area (Å²) in [6, 6.07) is 0. The van der Waals surface area contributed by atoms with E-state index in [0.29, 0.717) is 5.41 Å². The Morgan fingerprint density at radius 3 is 2.62 bits per heavy atom. The fourth-order valence-corrected chi connectivity index (χ4v) is 3.03. The van der Waals surface area contributed by atoms with Crippen LogP contribution in [0.5, 0.6) is 0 Å². The summed E-state index contributed by atoms with van der Waals surface area (Å²) < 4.78 is 0. The Bertz CT molecular complexity index is 144. The van der Waals surface area contributed by atoms with Crippen molar-refractivity contribution in [2.45, 2.75) is 66.2 Å². The molecule has 0 bridgehead atoms. The lowest BCUT2D eigenvalue weighted by atomic mass is 9.66. The van der Waals surface area contributed by atoms with Crippen LogP contribution in [0.3, 0.4) is 0 Å². The van der Waals surface area contributed by atoms with Gasteiger partial charge < -0.3 is 0 Å². The van der Waals surface area contributed by atoms with Crippen LogP contribution in [0.4, 0.5) is 0 Å². The molecule has 78 valence electrons. The van der Waals surface area contributed by atoms with Crippen LogP contribution in [0.25, 0.3) is 0 Å². The highest BCUT2D eigenvalue weighted by molar-refractivity contribution is 4.83. The summed E-state index contributed by atoms with van der Waals surface area (Å²) in [6.45, 7) is 9.61. The molecule has 0 heterocycles. The predicted octanol–water partition coefficient (Wildman–Crippen LogP) is 4.64. The van der Waals surface area contributed by atoms with Gasteiger partial charge in [-0.3, -0.25) is 0 Å². The van der Waals surface area contributed by atoms with Crippen LogP contribution < -0.4 is 0 Å². The summed E-state index contributed by atoms with van der Waals surface area (Å²) in [5.41, 5.74) is 0.682. The SMILES string of the molecule is CCCC1(C)CCCC(C(C)C)C1. The van der Waals surface area contributed by atoms with Gasteiger partial charge >= 0.3 is 0 Å². The van der Waals surface area contributed by atoms with E-state index in [1.807, 2.05) is 0 Å². The van der Waals surface area contributed by atoms with Crippen molar-refractivity contribution in [2.24, 2.45) is 17.3 Å². The van der Waals surface area contributed by atoms with Crippen LogP contribution in [-0.2, 0) is 0 Å². The van der Waals surface area contributed by atoms with Gasteiger partial charge in [0.15, 0.2) is 0 Å². The van der Waals surface area contributed by atoms with Gasteiger partial charge in [0, 0.05) is 0 Å². The molecule has 0 heteroatoms. The molecule has 0 radical (unpaired) electrons. The summed E-state index contributed by atoms with van der Waals surface area (Å²) in [6.07, 6.45) is 8.72. The Morgan fingerprint density at radius 2 is 2.08 bits per heavy atom. The minimum Gasteiger partial charge on any atom is -0.0654 e. The molecule has 2 unspecified atom stereocenters. The molecule has 2 atom stereocenters. The molecule has 0 N–H and O–H groups in total. The van der Waals surface area contributed by atoms with Crippen LogP contribution >= 0.6 is 0 Å². The summed E-state index contributed by atoms with van der Waals surface area (Å²) >= 11 is 0. The maximum Gasteiger partial charge on any atom is -0.0323 e. The lowest BCUT2D eigenvalue weighted by Gasteiger charge is -2.40. The van der Waals surface area contributed by atoms with Crippen LogP contribution in [0.1, 0.15) is 66.2 Å². The number of hydrogen-bond donors (Lipinski definition) is 0. The van der Waals surface area contributed by atoms with Crippen molar-refractivity contribution in [1.29, 1.82) is 0 Å². The number of rotatable bonds is 3. The molecule has 1 aliphatic rings. The highest BCUT2D eigenvalue weighted by Crippen LogP contribution is 2.44. The summed E-state index contributed by atoms with van der Waals surface area (Å²) in [5, 5.41) is 0. The van der Waals surface area contributed by atoms with Crippen molar-refractivity contribution >= 4 is 0 Å². The molecular weight excluding hydrogens is 156 g/mol. The molecule has 0 aliphatic heterocycles. The molecule has 0 aromatic rings. The van der Waals surface area contributed by atoms with Gasteiger partial charge in [-0.15, -0.1) is 0 Å². The zero-order valence-corrected chi connectivity index (χ0v) is 9.90. The first-order valence-electron chi connectivity index (χ1n) is 6.07. The summed E-state index contributed by atoms with van der Waals surface area (Å²) in [5.74, 6) is 1.90. The molecule has 1 rings (SSSR count). The zero-order valence-electron chi connectivity index (χ0n) is 9.90. The van der Waals surface area contributed by atoms with Gasteiger partial charge in [-0.05, 0) is 36.5 Å². The van der Waals surface area contributed by atoms with Crippen LogP contribution in [0, 0.1) is 17.3 Å². The zero-order chi connectivity index (χ0) is 9.90. The summed E-state index contributed by atoms with van der Waals surface area (Å²) in [4.78, 5) is 0. The topological polar surface area (TPSA) is 0 Å². The molecule has 1 aliphatic carbocycles. The van der Waals surface area contributed by atoms with E-state index >= 15 is 0 Å². The Morgan fingerprint density at radius 1 is 1.38 bits per heavy atom. The second-order valence-electron chi connectivity index (χ2n) is 5.66. The van der Waals surface area contributed by atoms with Crippen molar-refractivity contribution in [1.82, 2.24) is 0 Å². The first-order valence-corrected chi connectivity index (χ1v) is 6.07. The fourth-order valence-electron chi connectivity index (χ4n) is 3.03. The first-order chi connectivity index (χ1) is 6.07. The van der Waals surface area contributed by atoms with E-state index in [2.05, 4.69) is 27.7 Å². The van der Waals surface area contributed by atoms with Gasteiger partial charge in [0.05, 0.1) is 0 Å². The molecule has 0 spiro atoms. The van der Waals surface area contributed by atoms with Crippen molar-refractivity contribution in [3.05, 3.63) is 0 Å². The van der Waals surface area contributed by atoms with Crippen molar-refractivity contribution < 1.29 is 0 Å². The molecule has 0 saturated heterocycles. The van der Waals surface area contributed by atoms with Crippen LogP contribution in [0.2, 0.25) is 0 Å². The molecule has 0 aromatic heterocycles. The van der Waals surface area contributed by atoms with E-state index < -0.39 is 0 Å². The van der Waals surface area contributed by atoms with Gasteiger partial charge in [0.25, 0.3) is 0 Å². The Hall–Kier alpha value is 0. The van der Waals surface area contributed by atoms with E-state index in [0.717, 1.165) is 11.8 Å². The lowest BCUT2D eigenvalue weighted by Crippen LogP contribution is -2.28. The third-order valence-corrected chi connectivity index (χ3v) is 3.91. The highest BCUT2D eigenvalue weighted by Gasteiger charge is 2.32. The molecule has 13 heavy (non-hydrogen) atoms. The lowest BCUT2D eigenvalue weighted by molar-refractivity contribution is 0.118. The third kappa shape index (κ3) is 3.00. The quantitative estimate of drug-likeness (QED) is 0.596. The van der Waals surface area contributed by atoms with E-state index in [1.165, 1.54) is 38.5 Å².